The van der Waals surface area contributed by atoms with Crippen molar-refractivity contribution in [1.29, 1.82) is 0 Å². The van der Waals surface area contributed by atoms with Crippen LogP contribution < -0.4 is 10.6 Å². The molecular weight excluding hydrogens is 275 g/mol. The third-order valence-corrected chi connectivity index (χ3v) is 2.96. The first-order chi connectivity index (χ1) is 8.52. The van der Waals surface area contributed by atoms with Crippen molar-refractivity contribution in [2.75, 3.05) is 11.9 Å². The fourth-order valence-electron chi connectivity index (χ4n) is 1.31. The van der Waals surface area contributed by atoms with Crippen molar-refractivity contribution in [2.45, 2.75) is 25.9 Å². The van der Waals surface area contributed by atoms with E-state index >= 15 is 0 Å². The van der Waals surface area contributed by atoms with Crippen LogP contribution in [-0.2, 0) is 0 Å². The summed E-state index contributed by atoms with van der Waals surface area (Å²) in [7, 11) is 0. The number of nitrogens with one attached hydrogen (secondary N) is 2. The number of carbonyl (C=O) groups is 1. The molecule has 3 N–H and O–H groups in total. The topological polar surface area (TPSA) is 61.4 Å². The van der Waals surface area contributed by atoms with E-state index < -0.39 is 0 Å². The molecule has 0 fully saturated rings. The highest BCUT2D eigenvalue weighted by molar-refractivity contribution is 6.36. The Bertz CT molecular complexity index is 413. The van der Waals surface area contributed by atoms with Gasteiger partial charge in [-0.15, -0.1) is 0 Å². The summed E-state index contributed by atoms with van der Waals surface area (Å²) >= 11 is 11.7. The second kappa shape index (κ2) is 7.46. The van der Waals surface area contributed by atoms with Gasteiger partial charge >= 0.3 is 6.03 Å². The minimum atomic E-state index is -0.385. The third kappa shape index (κ3) is 5.12. The van der Waals surface area contributed by atoms with Crippen molar-refractivity contribution < 1.29 is 9.90 Å². The smallest absolute Gasteiger partial charge is 0.319 e. The first-order valence-corrected chi connectivity index (χ1v) is 6.46. The summed E-state index contributed by atoms with van der Waals surface area (Å²) in [5, 5.41) is 15.5. The molecule has 0 bridgehead atoms. The minimum absolute atomic E-state index is 0.359. The molecule has 0 saturated heterocycles. The van der Waals surface area contributed by atoms with Gasteiger partial charge in [-0.2, -0.15) is 0 Å². The molecule has 0 spiro atoms. The Morgan fingerprint density at radius 2 is 2.17 bits per heavy atom. The number of rotatable bonds is 5. The van der Waals surface area contributed by atoms with Gasteiger partial charge in [0.1, 0.15) is 0 Å². The van der Waals surface area contributed by atoms with E-state index in [1.165, 1.54) is 0 Å². The predicted molar refractivity (Wildman–Crippen MR) is 74.4 cm³/mol. The number of anilines is 1. The maximum absolute atomic E-state index is 11.5. The number of carbonyl (C=O) groups excluding carboxylic acids is 1. The average molecular weight is 291 g/mol. The lowest BCUT2D eigenvalue weighted by Crippen LogP contribution is -2.31. The monoisotopic (exact) mass is 290 g/mol. The van der Waals surface area contributed by atoms with Gasteiger partial charge in [0.25, 0.3) is 0 Å². The summed E-state index contributed by atoms with van der Waals surface area (Å²) in [5.74, 6) is 0. The van der Waals surface area contributed by atoms with Crippen LogP contribution in [0.3, 0.4) is 0 Å². The van der Waals surface area contributed by atoms with Gasteiger partial charge in [-0.3, -0.25) is 0 Å². The molecule has 100 valence electrons. The van der Waals surface area contributed by atoms with Gasteiger partial charge in [-0.1, -0.05) is 30.1 Å². The summed E-state index contributed by atoms with van der Waals surface area (Å²) < 4.78 is 0. The van der Waals surface area contributed by atoms with Gasteiger partial charge in [0, 0.05) is 11.6 Å². The summed E-state index contributed by atoms with van der Waals surface area (Å²) in [4.78, 5) is 11.5. The molecule has 1 rings (SSSR count). The first-order valence-electron chi connectivity index (χ1n) is 5.71. The largest absolute Gasteiger partial charge is 0.393 e. The van der Waals surface area contributed by atoms with Gasteiger partial charge < -0.3 is 15.7 Å². The number of aliphatic hydroxyl groups is 1. The SMILES string of the molecule is CCC(O)CCNC(=O)Nc1ccc(Cl)cc1Cl. The van der Waals surface area contributed by atoms with Crippen molar-refractivity contribution >= 4 is 34.9 Å². The van der Waals surface area contributed by atoms with Gasteiger partial charge in [0.15, 0.2) is 0 Å². The first kappa shape index (κ1) is 15.1. The molecule has 1 atom stereocenters. The van der Waals surface area contributed by atoms with E-state index in [1.807, 2.05) is 6.92 Å². The Morgan fingerprint density at radius 1 is 1.44 bits per heavy atom. The zero-order chi connectivity index (χ0) is 13.5. The fourth-order valence-corrected chi connectivity index (χ4v) is 1.77. The Balaban J connectivity index is 2.40. The Hall–Kier alpha value is -0.970. The van der Waals surface area contributed by atoms with E-state index in [1.54, 1.807) is 18.2 Å². The van der Waals surface area contributed by atoms with E-state index in [0.29, 0.717) is 35.1 Å². The second-order valence-electron chi connectivity index (χ2n) is 3.86. The van der Waals surface area contributed by atoms with Crippen LogP contribution >= 0.6 is 23.2 Å². The number of amides is 2. The Kier molecular flexibility index (Phi) is 6.25. The van der Waals surface area contributed by atoms with Crippen LogP contribution in [0.2, 0.25) is 10.0 Å². The van der Waals surface area contributed by atoms with Crippen LogP contribution in [0.5, 0.6) is 0 Å². The number of halogens is 2. The Labute approximate surface area is 116 Å². The minimum Gasteiger partial charge on any atom is -0.393 e. The van der Waals surface area contributed by atoms with E-state index in [2.05, 4.69) is 10.6 Å². The van der Waals surface area contributed by atoms with Crippen LogP contribution in [0.1, 0.15) is 19.8 Å². The second-order valence-corrected chi connectivity index (χ2v) is 4.70. The summed E-state index contributed by atoms with van der Waals surface area (Å²) in [5.41, 5.74) is 0.495. The van der Waals surface area contributed by atoms with E-state index in [0.717, 1.165) is 0 Å². The van der Waals surface area contributed by atoms with Gasteiger partial charge in [-0.05, 0) is 31.0 Å². The van der Waals surface area contributed by atoms with E-state index in [-0.39, 0.29) is 12.1 Å². The molecule has 0 aromatic heterocycles. The zero-order valence-corrected chi connectivity index (χ0v) is 11.6. The third-order valence-electron chi connectivity index (χ3n) is 2.41. The van der Waals surface area contributed by atoms with Crippen molar-refractivity contribution in [2.24, 2.45) is 0 Å². The maximum Gasteiger partial charge on any atom is 0.319 e. The highest BCUT2D eigenvalue weighted by Crippen LogP contribution is 2.25. The lowest BCUT2D eigenvalue weighted by molar-refractivity contribution is 0.160. The van der Waals surface area contributed by atoms with Crippen LogP contribution in [0.25, 0.3) is 0 Å². The predicted octanol–water partition coefficient (Wildman–Crippen LogP) is 3.28. The normalized spacial score (nSPS) is 12.0. The lowest BCUT2D eigenvalue weighted by Gasteiger charge is -2.11. The standard InChI is InChI=1S/C12H16Cl2N2O2/c1-2-9(17)5-6-15-12(18)16-11-4-3-8(13)7-10(11)14/h3-4,7,9,17H,2,5-6H2,1H3,(H2,15,16,18). The molecule has 1 unspecified atom stereocenters. The van der Waals surface area contributed by atoms with Crippen molar-refractivity contribution in [3.63, 3.8) is 0 Å². The zero-order valence-electron chi connectivity index (χ0n) is 10.0. The molecule has 0 saturated carbocycles. The van der Waals surface area contributed by atoms with Crippen LogP contribution in [-0.4, -0.2) is 23.8 Å². The number of aliphatic hydroxyl groups excluding tert-OH is 1. The molecule has 2 amide bonds. The van der Waals surface area contributed by atoms with Crippen molar-refractivity contribution in [1.82, 2.24) is 5.32 Å². The Morgan fingerprint density at radius 3 is 2.78 bits per heavy atom. The molecule has 6 heteroatoms. The highest BCUT2D eigenvalue weighted by Gasteiger charge is 2.06. The summed E-state index contributed by atoms with van der Waals surface area (Å²) in [6.07, 6.45) is 0.814. The highest BCUT2D eigenvalue weighted by atomic mass is 35.5. The number of urea groups is 1. The van der Waals surface area contributed by atoms with Gasteiger partial charge in [-0.25, -0.2) is 4.79 Å². The number of benzene rings is 1. The molecule has 1 aromatic carbocycles. The molecule has 0 aliphatic rings. The molecule has 1 aromatic rings. The van der Waals surface area contributed by atoms with E-state index in [9.17, 15) is 9.90 Å². The van der Waals surface area contributed by atoms with Gasteiger partial charge in [0.2, 0.25) is 0 Å². The molecule has 4 nitrogen and oxygen atoms in total. The molecule has 0 aliphatic carbocycles. The number of hydrogen-bond donors (Lipinski definition) is 3. The molecule has 0 radical (unpaired) electrons. The molecule has 18 heavy (non-hydrogen) atoms. The summed E-state index contributed by atoms with van der Waals surface area (Å²) in [6.45, 7) is 2.30. The fraction of sp³-hybridized carbons (Fsp3) is 0.417. The summed E-state index contributed by atoms with van der Waals surface area (Å²) in [6, 6.07) is 4.47. The number of hydrogen-bond acceptors (Lipinski definition) is 2. The molecule has 0 aliphatic heterocycles. The lowest BCUT2D eigenvalue weighted by atomic mass is 10.2. The van der Waals surface area contributed by atoms with Crippen LogP contribution in [0, 0.1) is 0 Å². The molecular formula is C12H16Cl2N2O2. The van der Waals surface area contributed by atoms with E-state index in [4.69, 9.17) is 23.2 Å². The maximum atomic E-state index is 11.5. The van der Waals surface area contributed by atoms with Crippen LogP contribution in [0.15, 0.2) is 18.2 Å². The average Bonchev–Trinajstić information content (AvgIpc) is 2.32. The quantitative estimate of drug-likeness (QED) is 0.779. The van der Waals surface area contributed by atoms with Gasteiger partial charge in [0.05, 0.1) is 16.8 Å². The van der Waals surface area contributed by atoms with Crippen LogP contribution in [0.4, 0.5) is 10.5 Å². The van der Waals surface area contributed by atoms with Crippen molar-refractivity contribution in [3.05, 3.63) is 28.2 Å². The molecule has 0 heterocycles. The van der Waals surface area contributed by atoms with Crippen molar-refractivity contribution in [3.8, 4) is 0 Å².